The fourth-order valence-corrected chi connectivity index (χ4v) is 2.79. The number of hydrogen-bond acceptors (Lipinski definition) is 4. The second kappa shape index (κ2) is 8.40. The van der Waals surface area contributed by atoms with Crippen LogP contribution in [0.3, 0.4) is 0 Å². The summed E-state index contributed by atoms with van der Waals surface area (Å²) in [6, 6.07) is 3.61. The molecule has 8 heteroatoms. The number of anilines is 1. The second-order valence-corrected chi connectivity index (χ2v) is 5.88. The lowest BCUT2D eigenvalue weighted by Crippen LogP contribution is -2.43. The van der Waals surface area contributed by atoms with Crippen LogP contribution in [0.4, 0.5) is 18.9 Å². The van der Waals surface area contributed by atoms with E-state index >= 15 is 0 Å². The highest BCUT2D eigenvalue weighted by Crippen LogP contribution is 2.29. The van der Waals surface area contributed by atoms with Gasteiger partial charge in [-0.2, -0.15) is 0 Å². The Bertz CT molecular complexity index is 511. The maximum Gasteiger partial charge on any atom is 0.247 e. The van der Waals surface area contributed by atoms with E-state index in [1.807, 2.05) is 0 Å². The molecular weight excluding hydrogens is 317 g/mol. The predicted molar refractivity (Wildman–Crippen MR) is 79.0 cm³/mol. The van der Waals surface area contributed by atoms with Crippen molar-refractivity contribution < 1.29 is 22.7 Å². The van der Waals surface area contributed by atoms with Gasteiger partial charge in [-0.3, -0.25) is 4.79 Å². The van der Waals surface area contributed by atoms with Gasteiger partial charge in [-0.15, -0.1) is 11.8 Å². The Labute approximate surface area is 130 Å². The molecule has 1 aromatic carbocycles. The molecule has 1 amide bonds. The SMILES string of the molecule is O=C(CC1COCCN1)Nc1cc(F)ccc1SCC(F)F. The minimum atomic E-state index is -2.47. The third kappa shape index (κ3) is 5.51. The zero-order chi connectivity index (χ0) is 15.9. The minimum Gasteiger partial charge on any atom is -0.378 e. The number of rotatable bonds is 6. The van der Waals surface area contributed by atoms with Crippen molar-refractivity contribution in [2.45, 2.75) is 23.8 Å². The lowest BCUT2D eigenvalue weighted by molar-refractivity contribution is -0.117. The maximum atomic E-state index is 13.3. The van der Waals surface area contributed by atoms with Crippen LogP contribution >= 0.6 is 11.8 Å². The minimum absolute atomic E-state index is 0.0977. The first-order chi connectivity index (χ1) is 10.5. The van der Waals surface area contributed by atoms with Gasteiger partial charge in [0.15, 0.2) is 0 Å². The van der Waals surface area contributed by atoms with E-state index in [4.69, 9.17) is 4.74 Å². The van der Waals surface area contributed by atoms with Crippen LogP contribution in [0.25, 0.3) is 0 Å². The van der Waals surface area contributed by atoms with Gasteiger partial charge >= 0.3 is 0 Å². The summed E-state index contributed by atoms with van der Waals surface area (Å²) in [4.78, 5) is 12.4. The average Bonchev–Trinajstić information content (AvgIpc) is 2.47. The third-order valence-corrected chi connectivity index (χ3v) is 4.10. The molecule has 1 atom stereocenters. The van der Waals surface area contributed by atoms with E-state index in [0.29, 0.717) is 24.7 Å². The van der Waals surface area contributed by atoms with E-state index in [1.54, 1.807) is 0 Å². The van der Waals surface area contributed by atoms with Gasteiger partial charge in [0.05, 0.1) is 24.7 Å². The lowest BCUT2D eigenvalue weighted by Gasteiger charge is -2.23. The number of ether oxygens (including phenoxy) is 1. The molecule has 2 rings (SSSR count). The molecule has 0 aliphatic carbocycles. The molecule has 0 radical (unpaired) electrons. The number of alkyl halides is 2. The molecule has 1 saturated heterocycles. The smallest absolute Gasteiger partial charge is 0.247 e. The van der Waals surface area contributed by atoms with Gasteiger partial charge in [0.25, 0.3) is 0 Å². The molecule has 1 fully saturated rings. The van der Waals surface area contributed by atoms with Gasteiger partial charge in [-0.25, -0.2) is 13.2 Å². The van der Waals surface area contributed by atoms with Gasteiger partial charge in [-0.05, 0) is 18.2 Å². The molecule has 0 saturated carbocycles. The average molecular weight is 334 g/mol. The molecule has 0 spiro atoms. The Morgan fingerprint density at radius 2 is 2.32 bits per heavy atom. The van der Waals surface area contributed by atoms with Crippen LogP contribution in [0, 0.1) is 5.82 Å². The molecule has 122 valence electrons. The van der Waals surface area contributed by atoms with Crippen LogP contribution < -0.4 is 10.6 Å². The fraction of sp³-hybridized carbons (Fsp3) is 0.500. The van der Waals surface area contributed by atoms with Crippen molar-refractivity contribution in [2.24, 2.45) is 0 Å². The second-order valence-electron chi connectivity index (χ2n) is 4.82. The summed E-state index contributed by atoms with van der Waals surface area (Å²) in [5.74, 6) is -1.25. The van der Waals surface area contributed by atoms with E-state index in [2.05, 4.69) is 10.6 Å². The van der Waals surface area contributed by atoms with Crippen molar-refractivity contribution >= 4 is 23.4 Å². The maximum absolute atomic E-state index is 13.3. The largest absolute Gasteiger partial charge is 0.378 e. The fourth-order valence-electron chi connectivity index (χ4n) is 2.05. The summed E-state index contributed by atoms with van der Waals surface area (Å²) in [5, 5.41) is 5.72. The first-order valence-corrected chi connectivity index (χ1v) is 7.84. The molecule has 22 heavy (non-hydrogen) atoms. The van der Waals surface area contributed by atoms with E-state index in [0.717, 1.165) is 17.8 Å². The Hall–Kier alpha value is -1.25. The van der Waals surface area contributed by atoms with Crippen molar-refractivity contribution in [3.8, 4) is 0 Å². The van der Waals surface area contributed by atoms with Crippen LogP contribution in [0.15, 0.2) is 23.1 Å². The molecular formula is C14H17F3N2O2S. The third-order valence-electron chi connectivity index (χ3n) is 3.01. The summed E-state index contributed by atoms with van der Waals surface area (Å²) in [5.41, 5.74) is 0.215. The number of nitrogens with one attached hydrogen (secondary N) is 2. The number of benzene rings is 1. The highest BCUT2D eigenvalue weighted by atomic mass is 32.2. The summed E-state index contributed by atoms with van der Waals surface area (Å²) >= 11 is 0.880. The highest BCUT2D eigenvalue weighted by Gasteiger charge is 2.18. The van der Waals surface area contributed by atoms with E-state index in [9.17, 15) is 18.0 Å². The van der Waals surface area contributed by atoms with Crippen molar-refractivity contribution in [3.63, 3.8) is 0 Å². The summed E-state index contributed by atoms with van der Waals surface area (Å²) in [6.07, 6.45) is -2.29. The number of carbonyl (C=O) groups excluding carboxylic acids is 1. The highest BCUT2D eigenvalue weighted by molar-refractivity contribution is 7.99. The molecule has 0 aromatic heterocycles. The zero-order valence-electron chi connectivity index (χ0n) is 11.8. The van der Waals surface area contributed by atoms with E-state index < -0.39 is 18.0 Å². The predicted octanol–water partition coefficient (Wildman–Crippen LogP) is 2.50. The van der Waals surface area contributed by atoms with E-state index in [-0.39, 0.29) is 24.1 Å². The van der Waals surface area contributed by atoms with Gasteiger partial charge < -0.3 is 15.4 Å². The standard InChI is InChI=1S/C14H17F3N2O2S/c15-9-1-2-12(22-8-13(16)17)11(5-9)19-14(20)6-10-7-21-4-3-18-10/h1-2,5,10,13,18H,3-4,6-8H2,(H,19,20). The number of carbonyl (C=O) groups is 1. The molecule has 1 unspecified atom stereocenters. The summed E-state index contributed by atoms with van der Waals surface area (Å²) in [6.45, 7) is 1.72. The summed E-state index contributed by atoms with van der Waals surface area (Å²) < 4.78 is 43.2. The van der Waals surface area contributed by atoms with Crippen LogP contribution in [-0.2, 0) is 9.53 Å². The molecule has 2 N–H and O–H groups in total. The van der Waals surface area contributed by atoms with Gasteiger partial charge in [0, 0.05) is 23.9 Å². The van der Waals surface area contributed by atoms with Crippen LogP contribution in [0.1, 0.15) is 6.42 Å². The van der Waals surface area contributed by atoms with Crippen LogP contribution in [0.5, 0.6) is 0 Å². The number of thioether (sulfide) groups is 1. The number of halogens is 3. The Kier molecular flexibility index (Phi) is 6.53. The Balaban J connectivity index is 1.97. The first-order valence-electron chi connectivity index (χ1n) is 6.86. The molecule has 1 aliphatic rings. The number of hydrogen-bond donors (Lipinski definition) is 2. The topological polar surface area (TPSA) is 50.4 Å². The molecule has 1 aliphatic heterocycles. The lowest BCUT2D eigenvalue weighted by atomic mass is 10.2. The van der Waals surface area contributed by atoms with Gasteiger partial charge in [0.1, 0.15) is 5.82 Å². The zero-order valence-corrected chi connectivity index (χ0v) is 12.6. The van der Waals surface area contributed by atoms with Crippen LogP contribution in [0.2, 0.25) is 0 Å². The molecule has 0 bridgehead atoms. The van der Waals surface area contributed by atoms with Crippen molar-refractivity contribution in [1.29, 1.82) is 0 Å². The normalized spacial score (nSPS) is 18.5. The Morgan fingerprint density at radius 1 is 1.50 bits per heavy atom. The molecule has 1 heterocycles. The quantitative estimate of drug-likeness (QED) is 0.785. The van der Waals surface area contributed by atoms with Crippen LogP contribution in [-0.4, -0.2) is 43.9 Å². The molecule has 1 aromatic rings. The van der Waals surface area contributed by atoms with Gasteiger partial charge in [0.2, 0.25) is 12.3 Å². The number of morpholine rings is 1. The monoisotopic (exact) mass is 334 g/mol. The van der Waals surface area contributed by atoms with Crippen molar-refractivity contribution in [3.05, 3.63) is 24.0 Å². The first kappa shape index (κ1) is 17.1. The van der Waals surface area contributed by atoms with Crippen molar-refractivity contribution in [1.82, 2.24) is 5.32 Å². The number of amides is 1. The van der Waals surface area contributed by atoms with E-state index in [1.165, 1.54) is 12.1 Å². The molecule has 4 nitrogen and oxygen atoms in total. The Morgan fingerprint density at radius 3 is 3.00 bits per heavy atom. The van der Waals surface area contributed by atoms with Gasteiger partial charge in [-0.1, -0.05) is 0 Å². The summed E-state index contributed by atoms with van der Waals surface area (Å²) in [7, 11) is 0. The van der Waals surface area contributed by atoms with Crippen molar-refractivity contribution in [2.75, 3.05) is 30.8 Å².